The fourth-order valence-electron chi connectivity index (χ4n) is 3.21. The summed E-state index contributed by atoms with van der Waals surface area (Å²) in [5.74, 6) is -1.80. The number of ether oxygens (including phenoxy) is 1. The standard InChI is InChI=1S/C23H16N2O5/c1-30-23(29)15-7-10-17(11-8-15)25-21(27)18-12-9-16(13-19(18)22(25)28)24-20(26)14-5-3-2-4-6-14/h2-13H,1H3,(H,24,26). The number of hydrogen-bond acceptors (Lipinski definition) is 5. The minimum Gasteiger partial charge on any atom is -0.465 e. The van der Waals surface area contributed by atoms with E-state index >= 15 is 0 Å². The van der Waals surface area contributed by atoms with Gasteiger partial charge in [-0.15, -0.1) is 0 Å². The molecule has 0 radical (unpaired) electrons. The Morgan fingerprint density at radius 2 is 1.47 bits per heavy atom. The first kappa shape index (κ1) is 19.1. The molecule has 0 atom stereocenters. The second-order valence-electron chi connectivity index (χ2n) is 6.56. The lowest BCUT2D eigenvalue weighted by Gasteiger charge is -2.14. The van der Waals surface area contributed by atoms with Gasteiger partial charge in [-0.3, -0.25) is 14.4 Å². The van der Waals surface area contributed by atoms with Gasteiger partial charge in [-0.25, -0.2) is 9.69 Å². The van der Waals surface area contributed by atoms with E-state index in [0.717, 1.165) is 4.90 Å². The summed E-state index contributed by atoms with van der Waals surface area (Å²) in [6.45, 7) is 0. The summed E-state index contributed by atoms with van der Waals surface area (Å²) in [6, 6.07) is 19.2. The van der Waals surface area contributed by atoms with Crippen molar-refractivity contribution in [2.45, 2.75) is 0 Å². The molecule has 1 N–H and O–H groups in total. The van der Waals surface area contributed by atoms with Crippen LogP contribution < -0.4 is 10.2 Å². The number of nitrogens with zero attached hydrogens (tertiary/aromatic N) is 1. The molecule has 148 valence electrons. The minimum atomic E-state index is -0.511. The summed E-state index contributed by atoms with van der Waals surface area (Å²) in [6.07, 6.45) is 0. The van der Waals surface area contributed by atoms with Crippen LogP contribution in [0.3, 0.4) is 0 Å². The summed E-state index contributed by atoms with van der Waals surface area (Å²) in [5, 5.41) is 2.73. The average molecular weight is 400 g/mol. The first-order valence-electron chi connectivity index (χ1n) is 9.07. The van der Waals surface area contributed by atoms with Gasteiger partial charge in [0, 0.05) is 11.3 Å². The average Bonchev–Trinajstić information content (AvgIpc) is 3.03. The Morgan fingerprint density at radius 3 is 2.13 bits per heavy atom. The van der Waals surface area contributed by atoms with E-state index in [1.54, 1.807) is 30.3 Å². The molecule has 0 aromatic heterocycles. The van der Waals surface area contributed by atoms with Gasteiger partial charge in [0.05, 0.1) is 29.5 Å². The zero-order valence-electron chi connectivity index (χ0n) is 15.9. The molecule has 3 amide bonds. The first-order valence-corrected chi connectivity index (χ1v) is 9.07. The quantitative estimate of drug-likeness (QED) is 0.534. The Kier molecular flexibility index (Phi) is 4.85. The third kappa shape index (κ3) is 3.33. The molecule has 7 nitrogen and oxygen atoms in total. The maximum atomic E-state index is 12.9. The lowest BCUT2D eigenvalue weighted by molar-refractivity contribution is 0.0600. The number of carbonyl (C=O) groups is 4. The van der Waals surface area contributed by atoms with Crippen molar-refractivity contribution in [3.63, 3.8) is 0 Å². The predicted molar refractivity (Wildman–Crippen MR) is 110 cm³/mol. The third-order valence-corrected chi connectivity index (χ3v) is 4.73. The van der Waals surface area contributed by atoms with E-state index in [9.17, 15) is 19.2 Å². The fourth-order valence-corrected chi connectivity index (χ4v) is 3.21. The molecule has 0 saturated carbocycles. The van der Waals surface area contributed by atoms with Crippen molar-refractivity contribution in [2.75, 3.05) is 17.3 Å². The van der Waals surface area contributed by atoms with Gasteiger partial charge in [-0.1, -0.05) is 18.2 Å². The highest BCUT2D eigenvalue weighted by atomic mass is 16.5. The number of methoxy groups -OCH3 is 1. The van der Waals surface area contributed by atoms with E-state index in [-0.39, 0.29) is 17.0 Å². The van der Waals surface area contributed by atoms with Crippen molar-refractivity contribution in [1.82, 2.24) is 0 Å². The number of nitrogens with one attached hydrogen (secondary N) is 1. The molecule has 7 heteroatoms. The molecule has 0 fully saturated rings. The largest absolute Gasteiger partial charge is 0.465 e. The van der Waals surface area contributed by atoms with Crippen LogP contribution in [0.15, 0.2) is 72.8 Å². The second kappa shape index (κ2) is 7.63. The lowest BCUT2D eigenvalue weighted by atomic mass is 10.1. The van der Waals surface area contributed by atoms with Crippen LogP contribution in [-0.2, 0) is 4.74 Å². The number of anilines is 2. The van der Waals surface area contributed by atoms with E-state index in [0.29, 0.717) is 22.5 Å². The maximum absolute atomic E-state index is 12.9. The Bertz CT molecular complexity index is 1170. The summed E-state index contributed by atoms with van der Waals surface area (Å²) in [4.78, 5) is 50.6. The molecule has 1 heterocycles. The van der Waals surface area contributed by atoms with Gasteiger partial charge in [0.2, 0.25) is 0 Å². The molecule has 3 aromatic carbocycles. The van der Waals surface area contributed by atoms with E-state index in [2.05, 4.69) is 10.1 Å². The molecule has 1 aliphatic rings. The topological polar surface area (TPSA) is 92.8 Å². The van der Waals surface area contributed by atoms with Crippen molar-refractivity contribution in [1.29, 1.82) is 0 Å². The van der Waals surface area contributed by atoms with Crippen molar-refractivity contribution in [2.24, 2.45) is 0 Å². The number of carbonyl (C=O) groups excluding carboxylic acids is 4. The van der Waals surface area contributed by atoms with E-state index in [1.165, 1.54) is 43.5 Å². The Morgan fingerprint density at radius 1 is 0.800 bits per heavy atom. The lowest BCUT2D eigenvalue weighted by Crippen LogP contribution is -2.29. The zero-order valence-corrected chi connectivity index (χ0v) is 15.9. The minimum absolute atomic E-state index is 0.197. The smallest absolute Gasteiger partial charge is 0.337 e. The summed E-state index contributed by atoms with van der Waals surface area (Å²) in [5.41, 5.74) is 1.98. The third-order valence-electron chi connectivity index (χ3n) is 4.73. The summed E-state index contributed by atoms with van der Waals surface area (Å²) >= 11 is 0. The number of amides is 3. The highest BCUT2D eigenvalue weighted by molar-refractivity contribution is 6.34. The van der Waals surface area contributed by atoms with Crippen molar-refractivity contribution < 1.29 is 23.9 Å². The number of hydrogen-bond donors (Lipinski definition) is 1. The SMILES string of the molecule is COC(=O)c1ccc(N2C(=O)c3ccc(NC(=O)c4ccccc4)cc3C2=O)cc1. The summed E-state index contributed by atoms with van der Waals surface area (Å²) < 4.78 is 4.65. The highest BCUT2D eigenvalue weighted by Gasteiger charge is 2.37. The Hall–Kier alpha value is -4.26. The monoisotopic (exact) mass is 400 g/mol. The van der Waals surface area contributed by atoms with E-state index in [1.807, 2.05) is 6.07 Å². The Balaban J connectivity index is 1.59. The molecule has 0 aliphatic carbocycles. The van der Waals surface area contributed by atoms with Gasteiger partial charge in [0.15, 0.2) is 0 Å². The van der Waals surface area contributed by atoms with Crippen molar-refractivity contribution in [3.05, 3.63) is 95.1 Å². The van der Waals surface area contributed by atoms with Crippen LogP contribution in [0.25, 0.3) is 0 Å². The fraction of sp³-hybridized carbons (Fsp3) is 0.0435. The van der Waals surface area contributed by atoms with Crippen LogP contribution >= 0.6 is 0 Å². The number of fused-ring (bicyclic) bond motifs is 1. The van der Waals surface area contributed by atoms with Gasteiger partial charge >= 0.3 is 5.97 Å². The number of esters is 1. The number of rotatable bonds is 4. The van der Waals surface area contributed by atoms with Crippen LogP contribution in [0.5, 0.6) is 0 Å². The molecular weight excluding hydrogens is 384 g/mol. The van der Waals surface area contributed by atoms with Crippen LogP contribution in [0, 0.1) is 0 Å². The van der Waals surface area contributed by atoms with Gasteiger partial charge in [0.1, 0.15) is 0 Å². The van der Waals surface area contributed by atoms with Crippen LogP contribution in [-0.4, -0.2) is 30.8 Å². The highest BCUT2D eigenvalue weighted by Crippen LogP contribution is 2.30. The van der Waals surface area contributed by atoms with Crippen LogP contribution in [0.1, 0.15) is 41.4 Å². The van der Waals surface area contributed by atoms with Gasteiger partial charge in [-0.2, -0.15) is 0 Å². The van der Waals surface area contributed by atoms with Crippen molar-refractivity contribution in [3.8, 4) is 0 Å². The van der Waals surface area contributed by atoms with Crippen LogP contribution in [0.2, 0.25) is 0 Å². The molecule has 1 aliphatic heterocycles. The molecular formula is C23H16N2O5. The molecule has 4 rings (SSSR count). The molecule has 0 saturated heterocycles. The molecule has 0 bridgehead atoms. The number of benzene rings is 3. The second-order valence-corrected chi connectivity index (χ2v) is 6.56. The van der Waals surface area contributed by atoms with Crippen LogP contribution in [0.4, 0.5) is 11.4 Å². The molecule has 3 aromatic rings. The Labute approximate surface area is 171 Å². The van der Waals surface area contributed by atoms with Crippen molar-refractivity contribution >= 4 is 35.1 Å². The van der Waals surface area contributed by atoms with Gasteiger partial charge in [0.25, 0.3) is 17.7 Å². The van der Waals surface area contributed by atoms with E-state index in [4.69, 9.17) is 0 Å². The normalized spacial score (nSPS) is 12.5. The molecule has 0 spiro atoms. The zero-order chi connectivity index (χ0) is 21.3. The number of imide groups is 1. The van der Waals surface area contributed by atoms with Gasteiger partial charge in [-0.05, 0) is 54.6 Å². The molecule has 0 unspecified atom stereocenters. The van der Waals surface area contributed by atoms with E-state index < -0.39 is 17.8 Å². The van der Waals surface area contributed by atoms with Gasteiger partial charge < -0.3 is 10.1 Å². The molecule has 30 heavy (non-hydrogen) atoms. The first-order chi connectivity index (χ1) is 14.5. The predicted octanol–water partition coefficient (Wildman–Crippen LogP) is 3.53. The maximum Gasteiger partial charge on any atom is 0.337 e. The summed E-state index contributed by atoms with van der Waals surface area (Å²) in [7, 11) is 1.27.